The first kappa shape index (κ1) is 19.8. The standard InChI is InChI=1S/C21H19N3O5/c1-3-27-16-8-9-18-17(10-16)13(2)20(29-18)21(26)24-23-19(25)12-28-15-6-4-14(11-22)5-7-15/h4-10H,3,12H2,1-2H3,(H,23,25)(H,24,26). The Kier molecular flexibility index (Phi) is 6.00. The molecule has 0 aliphatic carbocycles. The monoisotopic (exact) mass is 393 g/mol. The van der Waals surface area contributed by atoms with Crippen molar-refractivity contribution < 1.29 is 23.5 Å². The second-order valence-electron chi connectivity index (χ2n) is 6.07. The van der Waals surface area contributed by atoms with E-state index in [-0.39, 0.29) is 12.4 Å². The van der Waals surface area contributed by atoms with Gasteiger partial charge in [-0.25, -0.2) is 0 Å². The first-order valence-corrected chi connectivity index (χ1v) is 8.90. The van der Waals surface area contributed by atoms with Gasteiger partial charge in [-0.2, -0.15) is 5.26 Å². The first-order chi connectivity index (χ1) is 14.0. The summed E-state index contributed by atoms with van der Waals surface area (Å²) in [5.41, 5.74) is 6.26. The summed E-state index contributed by atoms with van der Waals surface area (Å²) in [6.07, 6.45) is 0. The number of carbonyl (C=O) groups is 2. The summed E-state index contributed by atoms with van der Waals surface area (Å²) < 4.78 is 16.4. The lowest BCUT2D eigenvalue weighted by molar-refractivity contribution is -0.123. The highest BCUT2D eigenvalue weighted by Gasteiger charge is 2.18. The van der Waals surface area contributed by atoms with Gasteiger partial charge in [0.15, 0.2) is 12.4 Å². The molecule has 0 spiro atoms. The fourth-order valence-electron chi connectivity index (χ4n) is 2.67. The van der Waals surface area contributed by atoms with Gasteiger partial charge < -0.3 is 13.9 Å². The van der Waals surface area contributed by atoms with Gasteiger partial charge in [0.05, 0.1) is 18.2 Å². The molecule has 0 atom stereocenters. The molecule has 0 fully saturated rings. The Labute approximate surface area is 167 Å². The van der Waals surface area contributed by atoms with Gasteiger partial charge in [-0.1, -0.05) is 0 Å². The minimum Gasteiger partial charge on any atom is -0.494 e. The highest BCUT2D eigenvalue weighted by molar-refractivity contribution is 5.99. The first-order valence-electron chi connectivity index (χ1n) is 8.90. The number of ether oxygens (including phenoxy) is 2. The molecule has 29 heavy (non-hydrogen) atoms. The maximum absolute atomic E-state index is 12.4. The summed E-state index contributed by atoms with van der Waals surface area (Å²) in [6.45, 7) is 3.88. The summed E-state index contributed by atoms with van der Waals surface area (Å²) in [4.78, 5) is 24.3. The van der Waals surface area contributed by atoms with Crippen LogP contribution in [0.15, 0.2) is 46.9 Å². The van der Waals surface area contributed by atoms with Crippen molar-refractivity contribution >= 4 is 22.8 Å². The van der Waals surface area contributed by atoms with Gasteiger partial charge in [-0.3, -0.25) is 20.4 Å². The number of hydrazine groups is 1. The molecule has 3 rings (SSSR count). The maximum Gasteiger partial charge on any atom is 0.305 e. The van der Waals surface area contributed by atoms with Crippen molar-refractivity contribution in [2.45, 2.75) is 13.8 Å². The molecular weight excluding hydrogens is 374 g/mol. The number of rotatable bonds is 6. The van der Waals surface area contributed by atoms with Crippen LogP contribution in [0.25, 0.3) is 11.0 Å². The Hall–Kier alpha value is -3.99. The summed E-state index contributed by atoms with van der Waals surface area (Å²) in [6, 6.07) is 13.6. The molecule has 2 amide bonds. The minimum atomic E-state index is -0.580. The van der Waals surface area contributed by atoms with Gasteiger partial charge in [-0.05, 0) is 56.3 Å². The highest BCUT2D eigenvalue weighted by Crippen LogP contribution is 2.28. The van der Waals surface area contributed by atoms with Crippen LogP contribution < -0.4 is 20.3 Å². The SMILES string of the molecule is CCOc1ccc2oc(C(=O)NNC(=O)COc3ccc(C#N)cc3)c(C)c2c1. The van der Waals surface area contributed by atoms with Crippen molar-refractivity contribution in [1.82, 2.24) is 10.9 Å². The van der Waals surface area contributed by atoms with Gasteiger partial charge in [0.25, 0.3) is 5.91 Å². The van der Waals surface area contributed by atoms with Crippen LogP contribution in [0.3, 0.4) is 0 Å². The Morgan fingerprint density at radius 1 is 1.07 bits per heavy atom. The molecule has 1 heterocycles. The molecule has 2 N–H and O–H groups in total. The third-order valence-corrected chi connectivity index (χ3v) is 4.09. The van der Waals surface area contributed by atoms with Crippen LogP contribution in [-0.4, -0.2) is 25.0 Å². The Morgan fingerprint density at radius 3 is 2.48 bits per heavy atom. The normalized spacial score (nSPS) is 10.2. The Morgan fingerprint density at radius 2 is 1.79 bits per heavy atom. The number of nitrogens with zero attached hydrogens (tertiary/aromatic N) is 1. The molecule has 0 radical (unpaired) electrons. The van der Waals surface area contributed by atoms with Crippen LogP contribution in [0.1, 0.15) is 28.6 Å². The molecule has 1 aromatic heterocycles. The van der Waals surface area contributed by atoms with E-state index in [1.165, 1.54) is 0 Å². The summed E-state index contributed by atoms with van der Waals surface area (Å²) in [7, 11) is 0. The summed E-state index contributed by atoms with van der Waals surface area (Å²) in [5, 5.41) is 9.52. The van der Waals surface area contributed by atoms with E-state index in [4.69, 9.17) is 19.2 Å². The molecule has 0 saturated heterocycles. The van der Waals surface area contributed by atoms with Crippen LogP contribution in [0.4, 0.5) is 0 Å². The van der Waals surface area contributed by atoms with E-state index in [9.17, 15) is 9.59 Å². The highest BCUT2D eigenvalue weighted by atomic mass is 16.5. The molecule has 0 aliphatic heterocycles. The smallest absolute Gasteiger partial charge is 0.305 e. The molecular formula is C21H19N3O5. The fraction of sp³-hybridized carbons (Fsp3) is 0.190. The molecule has 0 bridgehead atoms. The number of amides is 2. The molecule has 0 saturated carbocycles. The van der Waals surface area contributed by atoms with Crippen LogP contribution >= 0.6 is 0 Å². The van der Waals surface area contributed by atoms with Gasteiger partial charge >= 0.3 is 5.91 Å². The number of fused-ring (bicyclic) bond motifs is 1. The molecule has 3 aromatic rings. The number of furan rings is 1. The van der Waals surface area contributed by atoms with Crippen LogP contribution in [0.5, 0.6) is 11.5 Å². The zero-order valence-corrected chi connectivity index (χ0v) is 15.9. The molecule has 0 unspecified atom stereocenters. The largest absolute Gasteiger partial charge is 0.494 e. The van der Waals surface area contributed by atoms with Crippen LogP contribution in [0.2, 0.25) is 0 Å². The maximum atomic E-state index is 12.4. The number of benzene rings is 2. The zero-order valence-electron chi connectivity index (χ0n) is 15.9. The number of hydrogen-bond acceptors (Lipinski definition) is 6. The summed E-state index contributed by atoms with van der Waals surface area (Å²) in [5.74, 6) is 0.0910. The third-order valence-electron chi connectivity index (χ3n) is 4.09. The van der Waals surface area contributed by atoms with Crippen molar-refractivity contribution in [2.24, 2.45) is 0 Å². The molecule has 148 valence electrons. The number of nitriles is 1. The summed E-state index contributed by atoms with van der Waals surface area (Å²) >= 11 is 0. The van der Waals surface area contributed by atoms with E-state index in [1.807, 2.05) is 13.0 Å². The van der Waals surface area contributed by atoms with Gasteiger partial charge in [0, 0.05) is 10.9 Å². The molecule has 2 aromatic carbocycles. The second kappa shape index (κ2) is 8.80. The van der Waals surface area contributed by atoms with Gasteiger partial charge in [0.1, 0.15) is 17.1 Å². The lowest BCUT2D eigenvalue weighted by Crippen LogP contribution is -2.43. The fourth-order valence-corrected chi connectivity index (χ4v) is 2.67. The van der Waals surface area contributed by atoms with Crippen molar-refractivity contribution in [3.8, 4) is 17.6 Å². The molecule has 0 aliphatic rings. The lowest BCUT2D eigenvalue weighted by Gasteiger charge is -2.08. The van der Waals surface area contributed by atoms with Gasteiger partial charge in [-0.15, -0.1) is 0 Å². The van der Waals surface area contributed by atoms with Crippen LogP contribution in [0, 0.1) is 18.3 Å². The average Bonchev–Trinajstić information content (AvgIpc) is 3.07. The number of nitrogens with one attached hydrogen (secondary N) is 2. The lowest BCUT2D eigenvalue weighted by atomic mass is 10.1. The molecule has 8 heteroatoms. The van der Waals surface area contributed by atoms with Crippen molar-refractivity contribution in [1.29, 1.82) is 5.26 Å². The number of hydrogen-bond donors (Lipinski definition) is 2. The van der Waals surface area contributed by atoms with E-state index >= 15 is 0 Å². The Bertz CT molecular complexity index is 1080. The zero-order chi connectivity index (χ0) is 20.8. The topological polar surface area (TPSA) is 114 Å². The molecule has 8 nitrogen and oxygen atoms in total. The predicted octanol–water partition coefficient (Wildman–Crippen LogP) is 2.85. The van der Waals surface area contributed by atoms with Crippen molar-refractivity contribution in [3.63, 3.8) is 0 Å². The van der Waals surface area contributed by atoms with Crippen LogP contribution in [-0.2, 0) is 4.79 Å². The van der Waals surface area contributed by atoms with E-state index in [0.717, 1.165) is 5.39 Å². The van der Waals surface area contributed by atoms with Crippen molar-refractivity contribution in [3.05, 3.63) is 59.4 Å². The van der Waals surface area contributed by atoms with E-state index < -0.39 is 11.8 Å². The predicted molar refractivity (Wildman–Crippen MR) is 104 cm³/mol. The number of aryl methyl sites for hydroxylation is 1. The van der Waals surface area contributed by atoms with Gasteiger partial charge in [0.2, 0.25) is 0 Å². The van der Waals surface area contributed by atoms with E-state index in [2.05, 4.69) is 10.9 Å². The third kappa shape index (κ3) is 4.65. The van der Waals surface area contributed by atoms with Crippen molar-refractivity contribution in [2.75, 3.05) is 13.2 Å². The Balaban J connectivity index is 1.57. The van der Waals surface area contributed by atoms with E-state index in [1.54, 1.807) is 49.4 Å². The minimum absolute atomic E-state index is 0.0990. The quantitative estimate of drug-likeness (QED) is 0.623. The average molecular weight is 393 g/mol. The second-order valence-corrected chi connectivity index (χ2v) is 6.07. The number of carbonyl (C=O) groups excluding carboxylic acids is 2. The van der Waals surface area contributed by atoms with E-state index in [0.29, 0.717) is 34.8 Å².